The molecular weight excluding hydrogens is 473 g/mol. The van der Waals surface area contributed by atoms with Crippen molar-refractivity contribution >= 4 is 17.2 Å². The van der Waals surface area contributed by atoms with E-state index in [1.165, 1.54) is 19.2 Å². The number of halogens is 3. The average Bonchev–Trinajstić information content (AvgIpc) is 2.84. The van der Waals surface area contributed by atoms with Crippen molar-refractivity contribution in [1.82, 2.24) is 9.55 Å². The number of benzene rings is 2. The first-order chi connectivity index (χ1) is 17.0. The molecule has 1 aromatic heterocycles. The summed E-state index contributed by atoms with van der Waals surface area (Å²) in [6.07, 6.45) is -2.32. The molecule has 8 nitrogen and oxygen atoms in total. The zero-order valence-electron chi connectivity index (χ0n) is 18.9. The maximum atomic E-state index is 13.3. The van der Waals surface area contributed by atoms with E-state index in [1.54, 1.807) is 24.3 Å². The lowest BCUT2D eigenvalue weighted by Crippen LogP contribution is -2.33. The Morgan fingerprint density at radius 2 is 1.86 bits per heavy atom. The predicted molar refractivity (Wildman–Crippen MR) is 128 cm³/mol. The van der Waals surface area contributed by atoms with Gasteiger partial charge in [-0.15, -0.1) is 0 Å². The highest BCUT2D eigenvalue weighted by Gasteiger charge is 2.31. The maximum Gasteiger partial charge on any atom is 0.416 e. The first-order valence-electron chi connectivity index (χ1n) is 10.3. The predicted octanol–water partition coefficient (Wildman–Crippen LogP) is 3.46. The third-order valence-electron chi connectivity index (χ3n) is 5.16. The molecule has 0 saturated heterocycles. The summed E-state index contributed by atoms with van der Waals surface area (Å²) >= 11 is 0. The van der Waals surface area contributed by atoms with Gasteiger partial charge in [0.05, 0.1) is 28.6 Å². The fourth-order valence-corrected chi connectivity index (χ4v) is 3.52. The molecule has 0 fully saturated rings. The molecule has 0 aliphatic carbocycles. The van der Waals surface area contributed by atoms with Crippen LogP contribution in [0.25, 0.3) is 11.3 Å². The van der Waals surface area contributed by atoms with Crippen LogP contribution in [0, 0.1) is 18.3 Å². The highest BCUT2D eigenvalue weighted by Crippen LogP contribution is 2.31. The van der Waals surface area contributed by atoms with E-state index in [0.717, 1.165) is 29.0 Å². The molecule has 0 atom stereocenters. The van der Waals surface area contributed by atoms with Crippen LogP contribution in [0.5, 0.6) is 0 Å². The molecule has 0 aliphatic heterocycles. The van der Waals surface area contributed by atoms with E-state index in [9.17, 15) is 22.8 Å². The number of primary amides is 1. The van der Waals surface area contributed by atoms with Crippen LogP contribution in [0.3, 0.4) is 0 Å². The Kier molecular flexibility index (Phi) is 7.20. The van der Waals surface area contributed by atoms with E-state index in [1.807, 2.05) is 6.07 Å². The van der Waals surface area contributed by atoms with E-state index in [-0.39, 0.29) is 28.4 Å². The van der Waals surface area contributed by atoms with E-state index in [4.69, 9.17) is 16.7 Å². The molecule has 1 heterocycles. The molecule has 11 heteroatoms. The Morgan fingerprint density at radius 1 is 1.19 bits per heavy atom. The van der Waals surface area contributed by atoms with Gasteiger partial charge in [0.15, 0.2) is 5.69 Å². The topological polar surface area (TPSA) is 140 Å². The zero-order valence-corrected chi connectivity index (χ0v) is 18.9. The number of nitrogens with zero attached hydrogens (tertiary/aromatic N) is 4. The second-order valence-electron chi connectivity index (χ2n) is 7.38. The van der Waals surface area contributed by atoms with Gasteiger partial charge in [0.1, 0.15) is 0 Å². The SMILES string of the molecule is C=CN=C(/C(=C\N)c1nc(C(N)=O)c(=O)n(-c2cccc(C(F)(F)F)c2)c1C)c1ccc(C#N)cc1. The molecule has 1 amide bonds. The van der Waals surface area contributed by atoms with Crippen LogP contribution in [0.2, 0.25) is 0 Å². The molecule has 3 aromatic rings. The molecule has 182 valence electrons. The third kappa shape index (κ3) is 4.92. The van der Waals surface area contributed by atoms with Crippen LogP contribution in [0.4, 0.5) is 13.2 Å². The molecule has 0 aliphatic rings. The maximum absolute atomic E-state index is 13.3. The van der Waals surface area contributed by atoms with Crippen molar-refractivity contribution in [2.75, 3.05) is 0 Å². The average molecular weight is 492 g/mol. The van der Waals surface area contributed by atoms with Crippen LogP contribution >= 0.6 is 0 Å². The molecule has 36 heavy (non-hydrogen) atoms. The highest BCUT2D eigenvalue weighted by atomic mass is 19.4. The Balaban J connectivity index is 2.35. The highest BCUT2D eigenvalue weighted by molar-refractivity contribution is 6.31. The lowest BCUT2D eigenvalue weighted by Gasteiger charge is -2.18. The monoisotopic (exact) mass is 492 g/mol. The minimum Gasteiger partial charge on any atom is -0.404 e. The molecule has 0 radical (unpaired) electrons. The minimum atomic E-state index is -4.67. The number of carbonyl (C=O) groups excluding carboxylic acids is 1. The van der Waals surface area contributed by atoms with Gasteiger partial charge in [0, 0.05) is 34.9 Å². The molecule has 4 N–H and O–H groups in total. The van der Waals surface area contributed by atoms with Gasteiger partial charge in [0.25, 0.3) is 11.5 Å². The summed E-state index contributed by atoms with van der Waals surface area (Å²) in [6, 6.07) is 12.3. The van der Waals surface area contributed by atoms with Crippen LogP contribution in [0.1, 0.15) is 38.6 Å². The normalized spacial score (nSPS) is 12.2. The molecule has 0 saturated carbocycles. The Bertz CT molecular complexity index is 1510. The Labute approximate surface area is 203 Å². The van der Waals surface area contributed by atoms with Crippen molar-refractivity contribution in [2.24, 2.45) is 16.5 Å². The quantitative estimate of drug-likeness (QED) is 0.507. The van der Waals surface area contributed by atoms with Gasteiger partial charge in [-0.05, 0) is 37.3 Å². The number of hydrogen-bond donors (Lipinski definition) is 2. The summed E-state index contributed by atoms with van der Waals surface area (Å²) in [7, 11) is 0. The largest absolute Gasteiger partial charge is 0.416 e. The third-order valence-corrected chi connectivity index (χ3v) is 5.16. The fraction of sp³-hybridized carbons (Fsp3) is 0.0800. The van der Waals surface area contributed by atoms with Gasteiger partial charge >= 0.3 is 6.18 Å². The number of rotatable bonds is 6. The van der Waals surface area contributed by atoms with Gasteiger partial charge < -0.3 is 11.5 Å². The minimum absolute atomic E-state index is 0.0201. The number of hydrogen-bond acceptors (Lipinski definition) is 6. The van der Waals surface area contributed by atoms with Crippen molar-refractivity contribution in [3.8, 4) is 11.8 Å². The summed E-state index contributed by atoms with van der Waals surface area (Å²) < 4.78 is 40.9. The van der Waals surface area contributed by atoms with Crippen molar-refractivity contribution in [1.29, 1.82) is 5.26 Å². The number of amides is 1. The Hall–Kier alpha value is -4.98. The van der Waals surface area contributed by atoms with E-state index in [0.29, 0.717) is 11.1 Å². The number of aliphatic imine (C=N–C) groups is 1. The van der Waals surface area contributed by atoms with Crippen molar-refractivity contribution in [2.45, 2.75) is 13.1 Å². The summed E-state index contributed by atoms with van der Waals surface area (Å²) in [6.45, 7) is 5.02. The second kappa shape index (κ2) is 10.1. The van der Waals surface area contributed by atoms with E-state index >= 15 is 0 Å². The van der Waals surface area contributed by atoms with Gasteiger partial charge in [0.2, 0.25) is 0 Å². The van der Waals surface area contributed by atoms with E-state index in [2.05, 4.69) is 16.6 Å². The van der Waals surface area contributed by atoms with Crippen molar-refractivity contribution < 1.29 is 18.0 Å². The lowest BCUT2D eigenvalue weighted by molar-refractivity contribution is -0.137. The van der Waals surface area contributed by atoms with Gasteiger partial charge in [-0.2, -0.15) is 18.4 Å². The molecule has 3 rings (SSSR count). The molecular formula is C25H19F3N6O2. The van der Waals surface area contributed by atoms with E-state index < -0.39 is 28.9 Å². The molecule has 0 spiro atoms. The van der Waals surface area contributed by atoms with Gasteiger partial charge in [-0.1, -0.05) is 24.8 Å². The van der Waals surface area contributed by atoms with Crippen LogP contribution in [-0.2, 0) is 6.18 Å². The number of nitriles is 1. The van der Waals surface area contributed by atoms with Crippen LogP contribution in [0.15, 0.2) is 77.3 Å². The fourth-order valence-electron chi connectivity index (χ4n) is 3.52. The number of alkyl halides is 3. The lowest BCUT2D eigenvalue weighted by atomic mass is 9.97. The first-order valence-corrected chi connectivity index (χ1v) is 10.3. The van der Waals surface area contributed by atoms with Gasteiger partial charge in [-0.25, -0.2) is 4.98 Å². The van der Waals surface area contributed by atoms with Gasteiger partial charge in [-0.3, -0.25) is 19.1 Å². The summed E-state index contributed by atoms with van der Waals surface area (Å²) in [5.41, 5.74) is 9.72. The standard InChI is InChI=1S/C25H19F3N6O2/c1-3-32-21(16-9-7-15(12-29)8-10-16)19(13-30)20-14(2)34(24(36)22(33-20)23(31)35)18-6-4-5-17(11-18)25(26,27)28/h3-11,13H,1,30H2,2H3,(H2,31,35)/b19-13-,32-21?. The summed E-state index contributed by atoms with van der Waals surface area (Å²) in [4.78, 5) is 33.5. The van der Waals surface area contributed by atoms with Crippen molar-refractivity contribution in [3.63, 3.8) is 0 Å². The molecule has 2 aromatic carbocycles. The zero-order chi connectivity index (χ0) is 26.6. The Morgan fingerprint density at radius 3 is 2.39 bits per heavy atom. The first kappa shape index (κ1) is 25.6. The number of carbonyl (C=O) groups is 1. The summed E-state index contributed by atoms with van der Waals surface area (Å²) in [5, 5.41) is 9.07. The van der Waals surface area contributed by atoms with Crippen LogP contribution < -0.4 is 17.0 Å². The second-order valence-corrected chi connectivity index (χ2v) is 7.38. The number of allylic oxidation sites excluding steroid dienone is 1. The smallest absolute Gasteiger partial charge is 0.404 e. The summed E-state index contributed by atoms with van der Waals surface area (Å²) in [5.74, 6) is -1.18. The van der Waals surface area contributed by atoms with Crippen LogP contribution in [-0.4, -0.2) is 21.2 Å². The molecule has 0 unspecified atom stereocenters. The van der Waals surface area contributed by atoms with Crippen molar-refractivity contribution in [3.05, 3.63) is 112 Å². The molecule has 0 bridgehead atoms. The number of aromatic nitrogens is 2. The number of nitrogens with two attached hydrogens (primary N) is 2.